The van der Waals surface area contributed by atoms with Crippen molar-refractivity contribution in [1.29, 1.82) is 0 Å². The van der Waals surface area contributed by atoms with Crippen LogP contribution in [-0.2, 0) is 11.3 Å². The van der Waals surface area contributed by atoms with Crippen molar-refractivity contribution < 1.29 is 4.79 Å². The monoisotopic (exact) mass is 199 g/mol. The number of carbonyl (C=O) groups is 1. The summed E-state index contributed by atoms with van der Waals surface area (Å²) in [6, 6.07) is 0. The molecule has 0 unspecified atom stereocenters. The van der Waals surface area contributed by atoms with Crippen LogP contribution in [0.4, 0.5) is 0 Å². The predicted octanol–water partition coefficient (Wildman–Crippen LogP) is -0.794. The zero-order chi connectivity index (χ0) is 9.10. The Morgan fingerprint density at radius 1 is 1.62 bits per heavy atom. The second kappa shape index (κ2) is 3.73. The smallest absolute Gasteiger partial charge is 0.245 e. The molecule has 2 rings (SSSR count). The normalized spacial score (nSPS) is 16.5. The molecule has 0 saturated carbocycles. The first-order chi connectivity index (χ1) is 6.36. The highest BCUT2D eigenvalue weighted by molar-refractivity contribution is 7.99. The summed E-state index contributed by atoms with van der Waals surface area (Å²) in [6.45, 7) is 1.08. The molecule has 6 nitrogen and oxygen atoms in total. The fourth-order valence-corrected chi connectivity index (χ4v) is 2.07. The highest BCUT2D eigenvalue weighted by Gasteiger charge is 2.18. The van der Waals surface area contributed by atoms with Crippen LogP contribution in [0.3, 0.4) is 0 Å². The molecule has 0 bridgehead atoms. The summed E-state index contributed by atoms with van der Waals surface area (Å²) in [6.07, 6.45) is 1.45. The van der Waals surface area contributed by atoms with Crippen LogP contribution in [0, 0.1) is 0 Å². The number of tetrazole rings is 1. The maximum absolute atomic E-state index is 11.5. The van der Waals surface area contributed by atoms with Gasteiger partial charge in [0.1, 0.15) is 12.9 Å². The van der Waals surface area contributed by atoms with Gasteiger partial charge < -0.3 is 4.90 Å². The van der Waals surface area contributed by atoms with Crippen molar-refractivity contribution in [2.24, 2.45) is 0 Å². The number of thioether (sulfide) groups is 1. The van der Waals surface area contributed by atoms with Gasteiger partial charge >= 0.3 is 0 Å². The van der Waals surface area contributed by atoms with Gasteiger partial charge in [0.05, 0.1) is 5.88 Å². The average molecular weight is 199 g/mol. The highest BCUT2D eigenvalue weighted by atomic mass is 32.2. The molecule has 1 amide bonds. The first-order valence-electron chi connectivity index (χ1n) is 3.92. The van der Waals surface area contributed by atoms with E-state index in [-0.39, 0.29) is 12.5 Å². The van der Waals surface area contributed by atoms with Crippen molar-refractivity contribution in [2.45, 2.75) is 6.54 Å². The van der Waals surface area contributed by atoms with Gasteiger partial charge in [-0.15, -0.1) is 16.9 Å². The third kappa shape index (κ3) is 1.97. The first kappa shape index (κ1) is 8.49. The maximum atomic E-state index is 11.5. The molecule has 0 radical (unpaired) electrons. The van der Waals surface area contributed by atoms with Crippen molar-refractivity contribution in [3.63, 3.8) is 0 Å². The minimum absolute atomic E-state index is 0.0808. The Morgan fingerprint density at radius 3 is 3.15 bits per heavy atom. The molecule has 1 aliphatic rings. The standard InChI is InChI=1S/C6H9N5OS/c12-6(10-1-2-13-5-10)3-11-4-7-8-9-11/h4H,1-3,5H2. The average Bonchev–Trinajstić information content (AvgIpc) is 2.74. The number of nitrogens with zero attached hydrogens (tertiary/aromatic N) is 5. The van der Waals surface area contributed by atoms with Gasteiger partial charge in [0.25, 0.3) is 0 Å². The van der Waals surface area contributed by atoms with Gasteiger partial charge in [-0.2, -0.15) is 0 Å². The second-order valence-electron chi connectivity index (χ2n) is 2.70. The van der Waals surface area contributed by atoms with E-state index in [4.69, 9.17) is 0 Å². The number of rotatable bonds is 2. The molecule has 0 atom stereocenters. The third-order valence-corrected chi connectivity index (χ3v) is 2.76. The van der Waals surface area contributed by atoms with Gasteiger partial charge in [-0.1, -0.05) is 0 Å². The number of aromatic nitrogens is 4. The lowest BCUT2D eigenvalue weighted by Crippen LogP contribution is -2.31. The van der Waals surface area contributed by atoms with E-state index in [1.165, 1.54) is 11.0 Å². The van der Waals surface area contributed by atoms with Crippen molar-refractivity contribution in [1.82, 2.24) is 25.1 Å². The molecule has 13 heavy (non-hydrogen) atoms. The van der Waals surface area contributed by atoms with Crippen LogP contribution in [0.15, 0.2) is 6.33 Å². The minimum atomic E-state index is 0.0808. The zero-order valence-electron chi connectivity index (χ0n) is 6.96. The molecule has 7 heteroatoms. The van der Waals surface area contributed by atoms with Crippen LogP contribution in [0.5, 0.6) is 0 Å². The van der Waals surface area contributed by atoms with Gasteiger partial charge in [-0.25, -0.2) is 4.68 Å². The van der Waals surface area contributed by atoms with Crippen molar-refractivity contribution in [3.8, 4) is 0 Å². The maximum Gasteiger partial charge on any atom is 0.245 e. The SMILES string of the molecule is O=C(Cn1cnnn1)N1CCSC1. The predicted molar refractivity (Wildman–Crippen MR) is 46.9 cm³/mol. The summed E-state index contributed by atoms with van der Waals surface area (Å²) in [5.74, 6) is 1.90. The molecule has 2 heterocycles. The Hall–Kier alpha value is -1.11. The number of hydrogen-bond acceptors (Lipinski definition) is 5. The molecule has 70 valence electrons. The molecule has 0 spiro atoms. The largest absolute Gasteiger partial charge is 0.331 e. The molecular weight excluding hydrogens is 190 g/mol. The molecule has 1 aromatic heterocycles. The minimum Gasteiger partial charge on any atom is -0.331 e. The molecule has 1 aliphatic heterocycles. The molecule has 1 fully saturated rings. The number of amides is 1. The Balaban J connectivity index is 1.91. The van der Waals surface area contributed by atoms with Gasteiger partial charge in [-0.05, 0) is 10.4 Å². The van der Waals surface area contributed by atoms with Crippen molar-refractivity contribution >= 4 is 17.7 Å². The van der Waals surface area contributed by atoms with Crippen LogP contribution in [0.25, 0.3) is 0 Å². The molecule has 0 aliphatic carbocycles. The fourth-order valence-electron chi connectivity index (χ4n) is 1.10. The summed E-state index contributed by atoms with van der Waals surface area (Å²) >= 11 is 1.77. The van der Waals surface area contributed by atoms with E-state index in [2.05, 4.69) is 15.5 Å². The zero-order valence-corrected chi connectivity index (χ0v) is 7.77. The van der Waals surface area contributed by atoms with Crippen LogP contribution in [0.1, 0.15) is 0 Å². The van der Waals surface area contributed by atoms with Crippen molar-refractivity contribution in [3.05, 3.63) is 6.33 Å². The third-order valence-electron chi connectivity index (χ3n) is 1.79. The van der Waals surface area contributed by atoms with Gasteiger partial charge in [0.2, 0.25) is 5.91 Å². The van der Waals surface area contributed by atoms with Gasteiger partial charge in [0.15, 0.2) is 0 Å². The van der Waals surface area contributed by atoms with E-state index in [0.29, 0.717) is 0 Å². The topological polar surface area (TPSA) is 63.9 Å². The van der Waals surface area contributed by atoms with Crippen LogP contribution >= 0.6 is 11.8 Å². The molecular formula is C6H9N5OS. The van der Waals surface area contributed by atoms with Crippen molar-refractivity contribution in [2.75, 3.05) is 18.2 Å². The Bertz CT molecular complexity index is 281. The van der Waals surface area contributed by atoms with Gasteiger partial charge in [-0.3, -0.25) is 4.79 Å². The Labute approximate surface area is 79.3 Å². The number of carbonyl (C=O) groups excluding carboxylic acids is 1. The summed E-state index contributed by atoms with van der Waals surface area (Å²) in [7, 11) is 0. The van der Waals surface area contributed by atoms with E-state index in [0.717, 1.165) is 18.2 Å². The van der Waals surface area contributed by atoms with E-state index in [1.54, 1.807) is 11.8 Å². The second-order valence-corrected chi connectivity index (χ2v) is 3.78. The summed E-state index contributed by atoms with van der Waals surface area (Å²) in [4.78, 5) is 13.3. The quantitative estimate of drug-likeness (QED) is 0.624. The first-order valence-corrected chi connectivity index (χ1v) is 5.08. The van der Waals surface area contributed by atoms with E-state index >= 15 is 0 Å². The number of hydrogen-bond donors (Lipinski definition) is 0. The molecule has 0 aromatic carbocycles. The summed E-state index contributed by atoms with van der Waals surface area (Å²) in [5.41, 5.74) is 0. The fraction of sp³-hybridized carbons (Fsp3) is 0.667. The molecule has 0 N–H and O–H groups in total. The molecule has 1 saturated heterocycles. The lowest BCUT2D eigenvalue weighted by molar-refractivity contribution is -0.130. The highest BCUT2D eigenvalue weighted by Crippen LogP contribution is 2.13. The van der Waals surface area contributed by atoms with Crippen LogP contribution in [0.2, 0.25) is 0 Å². The Kier molecular flexibility index (Phi) is 2.44. The van der Waals surface area contributed by atoms with E-state index in [9.17, 15) is 4.79 Å². The molecule has 1 aromatic rings. The Morgan fingerprint density at radius 2 is 2.54 bits per heavy atom. The summed E-state index contributed by atoms with van der Waals surface area (Å²) in [5, 5.41) is 10.5. The van der Waals surface area contributed by atoms with E-state index in [1.807, 2.05) is 4.90 Å². The van der Waals surface area contributed by atoms with Crippen LogP contribution in [-0.4, -0.2) is 49.2 Å². The van der Waals surface area contributed by atoms with Gasteiger partial charge in [0, 0.05) is 12.3 Å². The van der Waals surface area contributed by atoms with E-state index < -0.39 is 0 Å². The lowest BCUT2D eigenvalue weighted by atomic mass is 10.5. The lowest BCUT2D eigenvalue weighted by Gasteiger charge is -2.13. The summed E-state index contributed by atoms with van der Waals surface area (Å²) < 4.78 is 1.44. The van der Waals surface area contributed by atoms with Crippen LogP contribution < -0.4 is 0 Å².